The molecule has 0 unspecified atom stereocenters. The van der Waals surface area contributed by atoms with Crippen LogP contribution in [0.3, 0.4) is 0 Å². The van der Waals surface area contributed by atoms with Crippen molar-refractivity contribution in [3.8, 4) is 0 Å². The van der Waals surface area contributed by atoms with E-state index in [1.807, 2.05) is 0 Å². The zero-order valence-corrected chi connectivity index (χ0v) is 4.72. The molecule has 0 heterocycles. The van der Waals surface area contributed by atoms with Gasteiger partial charge in [-0.15, -0.1) is 0 Å². The Morgan fingerprint density at radius 1 is 1.38 bits per heavy atom. The maximum Gasteiger partial charge on any atom is 0.0312 e. The molecule has 0 radical (unpaired) electrons. The van der Waals surface area contributed by atoms with Gasteiger partial charge in [0.25, 0.3) is 0 Å². The molecule has 1 spiro atoms. The number of rotatable bonds is 0. The van der Waals surface area contributed by atoms with Gasteiger partial charge in [-0.3, -0.25) is 0 Å². The second kappa shape index (κ2) is 0.970. The lowest BCUT2D eigenvalue weighted by atomic mass is 10.1. The molecule has 0 amide bonds. The molecular weight excluding hydrogens is 96.1 g/mol. The van der Waals surface area contributed by atoms with E-state index in [-0.39, 0.29) is 0 Å². The summed E-state index contributed by atoms with van der Waals surface area (Å²) in [5.41, 5.74) is 1.71. The fraction of sp³-hybridized carbons (Fsp3) is 0.250. The van der Waals surface area contributed by atoms with Crippen LogP contribution in [0.1, 0.15) is 6.42 Å². The predicted molar refractivity (Wildman–Crippen MR) is 34.5 cm³/mol. The van der Waals surface area contributed by atoms with Crippen molar-refractivity contribution in [2.24, 2.45) is 5.41 Å². The van der Waals surface area contributed by atoms with Gasteiger partial charge in [0.15, 0.2) is 0 Å². The molecule has 8 heavy (non-hydrogen) atoms. The Balaban J connectivity index is 2.42. The minimum Gasteiger partial charge on any atom is -0.0986 e. The zero-order chi connectivity index (χ0) is 5.61. The molecule has 40 valence electrons. The second-order valence-electron chi connectivity index (χ2n) is 2.54. The summed E-state index contributed by atoms with van der Waals surface area (Å²) >= 11 is 0. The normalized spacial score (nSPS) is 27.8. The van der Waals surface area contributed by atoms with Crippen LogP contribution in [0.25, 0.3) is 0 Å². The molecule has 0 atom stereocenters. The van der Waals surface area contributed by atoms with E-state index in [1.165, 1.54) is 12.0 Å². The minimum absolute atomic E-state index is 0.347. The van der Waals surface area contributed by atoms with E-state index >= 15 is 0 Å². The Hall–Kier alpha value is -0.780. The second-order valence-corrected chi connectivity index (χ2v) is 2.54. The number of hydrogen-bond donors (Lipinski definition) is 0. The van der Waals surface area contributed by atoms with Crippen LogP contribution in [0.4, 0.5) is 0 Å². The van der Waals surface area contributed by atoms with Gasteiger partial charge in [-0.1, -0.05) is 36.5 Å². The molecule has 0 N–H and O–H groups in total. The highest BCUT2D eigenvalue weighted by atomic mass is 14.5. The van der Waals surface area contributed by atoms with Crippen molar-refractivity contribution in [3.05, 3.63) is 36.5 Å². The molecule has 0 aromatic carbocycles. The van der Waals surface area contributed by atoms with Crippen LogP contribution < -0.4 is 0 Å². The van der Waals surface area contributed by atoms with Gasteiger partial charge < -0.3 is 0 Å². The Morgan fingerprint density at radius 3 is 2.12 bits per heavy atom. The smallest absolute Gasteiger partial charge is 0.0312 e. The van der Waals surface area contributed by atoms with Gasteiger partial charge in [-0.05, 0) is 6.42 Å². The fourth-order valence-corrected chi connectivity index (χ4v) is 1.17. The quantitative estimate of drug-likeness (QED) is 0.413. The molecule has 2 rings (SSSR count). The van der Waals surface area contributed by atoms with Gasteiger partial charge in [0.1, 0.15) is 0 Å². The average Bonchev–Trinajstić information content (AvgIpc) is 2.29. The minimum atomic E-state index is 0.347. The van der Waals surface area contributed by atoms with E-state index in [1.54, 1.807) is 0 Å². The van der Waals surface area contributed by atoms with Crippen molar-refractivity contribution in [1.82, 2.24) is 0 Å². The molecule has 2 aliphatic rings. The summed E-state index contributed by atoms with van der Waals surface area (Å²) < 4.78 is 0. The third-order valence-electron chi connectivity index (χ3n) is 1.94. The van der Waals surface area contributed by atoms with E-state index in [2.05, 4.69) is 30.9 Å². The maximum atomic E-state index is 3.90. The summed E-state index contributed by atoms with van der Waals surface area (Å²) in [4.78, 5) is 0. The fourth-order valence-electron chi connectivity index (χ4n) is 1.17. The number of allylic oxidation sites excluding steroid dienone is 5. The first-order valence-corrected chi connectivity index (χ1v) is 2.89. The molecule has 0 aliphatic heterocycles. The highest BCUT2D eigenvalue weighted by Gasteiger charge is 2.43. The van der Waals surface area contributed by atoms with Crippen molar-refractivity contribution in [2.75, 3.05) is 0 Å². The van der Waals surface area contributed by atoms with Crippen LogP contribution >= 0.6 is 0 Å². The van der Waals surface area contributed by atoms with Gasteiger partial charge in [0.2, 0.25) is 0 Å². The standard InChI is InChI=1S/C8H8/c1-7-6-8(7)4-2-3-5-8/h2-5H,1,6H2. The monoisotopic (exact) mass is 104 g/mol. The Morgan fingerprint density at radius 2 is 1.88 bits per heavy atom. The van der Waals surface area contributed by atoms with Gasteiger partial charge in [0, 0.05) is 5.41 Å². The van der Waals surface area contributed by atoms with Crippen LogP contribution in [0, 0.1) is 5.41 Å². The lowest BCUT2D eigenvalue weighted by molar-refractivity contribution is 0.914. The van der Waals surface area contributed by atoms with E-state index in [9.17, 15) is 0 Å². The molecule has 2 aliphatic carbocycles. The van der Waals surface area contributed by atoms with E-state index in [4.69, 9.17) is 0 Å². The summed E-state index contributed by atoms with van der Waals surface area (Å²) in [6.45, 7) is 3.90. The van der Waals surface area contributed by atoms with Crippen molar-refractivity contribution < 1.29 is 0 Å². The number of hydrogen-bond acceptors (Lipinski definition) is 0. The maximum absolute atomic E-state index is 3.90. The molecular formula is C8H8. The van der Waals surface area contributed by atoms with Crippen LogP contribution in [-0.4, -0.2) is 0 Å². The molecule has 1 fully saturated rings. The van der Waals surface area contributed by atoms with Gasteiger partial charge in [0.05, 0.1) is 0 Å². The summed E-state index contributed by atoms with van der Waals surface area (Å²) in [6, 6.07) is 0. The van der Waals surface area contributed by atoms with E-state index < -0.39 is 0 Å². The van der Waals surface area contributed by atoms with Crippen molar-refractivity contribution in [3.63, 3.8) is 0 Å². The highest BCUT2D eigenvalue weighted by molar-refractivity contribution is 5.47. The first kappa shape index (κ1) is 4.13. The Kier molecular flexibility index (Phi) is 0.501. The molecule has 0 bridgehead atoms. The van der Waals surface area contributed by atoms with Crippen LogP contribution in [0.5, 0.6) is 0 Å². The van der Waals surface area contributed by atoms with Crippen molar-refractivity contribution in [2.45, 2.75) is 6.42 Å². The molecule has 0 saturated heterocycles. The van der Waals surface area contributed by atoms with E-state index in [0.717, 1.165) is 0 Å². The van der Waals surface area contributed by atoms with Gasteiger partial charge in [-0.2, -0.15) is 0 Å². The first-order chi connectivity index (χ1) is 3.83. The molecule has 0 aromatic rings. The summed E-state index contributed by atoms with van der Waals surface area (Å²) in [5, 5.41) is 0. The van der Waals surface area contributed by atoms with Crippen molar-refractivity contribution >= 4 is 0 Å². The lowest BCUT2D eigenvalue weighted by Crippen LogP contribution is -1.82. The van der Waals surface area contributed by atoms with E-state index in [0.29, 0.717) is 5.41 Å². The first-order valence-electron chi connectivity index (χ1n) is 2.89. The third kappa shape index (κ3) is 0.313. The Bertz CT molecular complexity index is 182. The van der Waals surface area contributed by atoms with Crippen molar-refractivity contribution in [1.29, 1.82) is 0 Å². The zero-order valence-electron chi connectivity index (χ0n) is 4.72. The summed E-state index contributed by atoms with van der Waals surface area (Å²) in [6.07, 6.45) is 9.81. The topological polar surface area (TPSA) is 0 Å². The van der Waals surface area contributed by atoms with Crippen LogP contribution in [0.2, 0.25) is 0 Å². The van der Waals surface area contributed by atoms with Gasteiger partial charge >= 0.3 is 0 Å². The molecule has 1 saturated carbocycles. The SMILES string of the molecule is C=C1CC12C=CC=C2. The molecule has 0 nitrogen and oxygen atoms in total. The summed E-state index contributed by atoms with van der Waals surface area (Å²) in [7, 11) is 0. The third-order valence-corrected chi connectivity index (χ3v) is 1.94. The van der Waals surface area contributed by atoms with Crippen LogP contribution in [-0.2, 0) is 0 Å². The summed E-state index contributed by atoms with van der Waals surface area (Å²) in [5.74, 6) is 0. The lowest BCUT2D eigenvalue weighted by Gasteiger charge is -1.91. The molecule has 0 heteroatoms. The van der Waals surface area contributed by atoms with Crippen LogP contribution in [0.15, 0.2) is 36.5 Å². The largest absolute Gasteiger partial charge is 0.0986 e. The van der Waals surface area contributed by atoms with Gasteiger partial charge in [-0.25, -0.2) is 0 Å². The highest BCUT2D eigenvalue weighted by Crippen LogP contribution is 2.55. The Labute approximate surface area is 49.2 Å². The molecule has 0 aromatic heterocycles. The average molecular weight is 104 g/mol. The predicted octanol–water partition coefficient (Wildman–Crippen LogP) is 2.06.